The van der Waals surface area contributed by atoms with Crippen LogP contribution in [-0.4, -0.2) is 4.92 Å². The van der Waals surface area contributed by atoms with Crippen LogP contribution in [0.1, 0.15) is 42.4 Å². The van der Waals surface area contributed by atoms with Crippen LogP contribution in [0.2, 0.25) is 0 Å². The van der Waals surface area contributed by atoms with E-state index < -0.39 is 5.89 Å². The standard InChI is InChI=1S/C16H12INO2/c17-16-8-7-11(12-3-1-2-4-14(12)16)13-9-10(18(19)20)5-6-15(13)16/h1-6,9,11H,7-8H2/t11-,16-/m1/s1/i11D. The normalized spacial score (nSPS) is 30.4. The quantitative estimate of drug-likeness (QED) is 0.317. The first-order valence-corrected chi connectivity index (χ1v) is 7.63. The first-order chi connectivity index (χ1) is 9.97. The van der Waals surface area contributed by atoms with Crippen molar-refractivity contribution in [1.29, 1.82) is 0 Å². The highest BCUT2D eigenvalue weighted by molar-refractivity contribution is 14.1. The highest BCUT2D eigenvalue weighted by Crippen LogP contribution is 2.59. The maximum Gasteiger partial charge on any atom is 0.269 e. The van der Waals surface area contributed by atoms with Gasteiger partial charge in [0.05, 0.1) is 8.35 Å². The van der Waals surface area contributed by atoms with Crippen molar-refractivity contribution in [3.05, 3.63) is 74.8 Å². The summed E-state index contributed by atoms with van der Waals surface area (Å²) in [5, 5.41) is 11.1. The van der Waals surface area contributed by atoms with Gasteiger partial charge in [0, 0.05) is 19.4 Å². The van der Waals surface area contributed by atoms with Crippen LogP contribution in [0.3, 0.4) is 0 Å². The number of nitro groups is 1. The first kappa shape index (κ1) is 11.3. The third-order valence-electron chi connectivity index (χ3n) is 4.36. The Hall–Kier alpha value is -1.43. The molecule has 0 aromatic heterocycles. The Bertz CT molecular complexity index is 794. The van der Waals surface area contributed by atoms with Crippen LogP contribution in [0, 0.1) is 10.1 Å². The summed E-state index contributed by atoms with van der Waals surface area (Å²) in [5.74, 6) is -0.856. The Morgan fingerprint density at radius 2 is 2.00 bits per heavy atom. The number of rotatable bonds is 1. The van der Waals surface area contributed by atoms with E-state index in [-0.39, 0.29) is 14.0 Å². The molecule has 2 bridgehead atoms. The predicted octanol–water partition coefficient (Wildman–Crippen LogP) is 4.51. The first-order valence-electron chi connectivity index (χ1n) is 7.05. The van der Waals surface area contributed by atoms with Crippen molar-refractivity contribution in [1.82, 2.24) is 0 Å². The third kappa shape index (κ3) is 1.45. The van der Waals surface area contributed by atoms with Gasteiger partial charge in [-0.1, -0.05) is 52.9 Å². The Morgan fingerprint density at radius 3 is 2.80 bits per heavy atom. The van der Waals surface area contributed by atoms with Gasteiger partial charge in [0.25, 0.3) is 5.69 Å². The van der Waals surface area contributed by atoms with Crippen molar-refractivity contribution in [3.63, 3.8) is 0 Å². The van der Waals surface area contributed by atoms with E-state index in [0.717, 1.165) is 23.1 Å². The lowest BCUT2D eigenvalue weighted by Crippen LogP contribution is -2.35. The molecule has 20 heavy (non-hydrogen) atoms. The Kier molecular flexibility index (Phi) is 2.27. The number of fused-ring (bicyclic) bond motifs is 1. The van der Waals surface area contributed by atoms with Gasteiger partial charge in [0.2, 0.25) is 0 Å². The second-order valence-electron chi connectivity index (χ2n) is 5.31. The molecule has 3 aliphatic rings. The van der Waals surface area contributed by atoms with E-state index in [1.165, 1.54) is 5.56 Å². The monoisotopic (exact) mass is 378 g/mol. The van der Waals surface area contributed by atoms with E-state index in [2.05, 4.69) is 28.7 Å². The molecule has 4 heteroatoms. The summed E-state index contributed by atoms with van der Waals surface area (Å²) in [5.41, 5.74) is 4.13. The maximum absolute atomic E-state index is 11.1. The van der Waals surface area contributed by atoms with E-state index in [9.17, 15) is 10.1 Å². The summed E-state index contributed by atoms with van der Waals surface area (Å²) in [6, 6.07) is 13.1. The van der Waals surface area contributed by atoms with E-state index in [1.807, 2.05) is 24.3 Å². The average Bonchev–Trinajstić information content (AvgIpc) is 2.50. The number of hydrogen-bond donors (Lipinski definition) is 0. The number of halogens is 1. The molecule has 0 saturated carbocycles. The van der Waals surface area contributed by atoms with Gasteiger partial charge < -0.3 is 0 Å². The summed E-state index contributed by atoms with van der Waals surface area (Å²) in [7, 11) is 0. The van der Waals surface area contributed by atoms with Crippen molar-refractivity contribution >= 4 is 28.3 Å². The summed E-state index contributed by atoms with van der Waals surface area (Å²) in [6.45, 7) is 0. The van der Waals surface area contributed by atoms with Crippen molar-refractivity contribution in [2.24, 2.45) is 0 Å². The zero-order valence-electron chi connectivity index (χ0n) is 11.6. The van der Waals surface area contributed by atoms with Gasteiger partial charge in [-0.15, -0.1) is 0 Å². The number of nitro benzene ring substituents is 1. The maximum atomic E-state index is 11.1. The number of nitrogens with zero attached hydrogens (tertiary/aromatic N) is 1. The Morgan fingerprint density at radius 1 is 1.25 bits per heavy atom. The summed E-state index contributed by atoms with van der Waals surface area (Å²) in [6.07, 6.45) is 1.61. The van der Waals surface area contributed by atoms with E-state index in [0.29, 0.717) is 6.42 Å². The SMILES string of the molecule is [2H][C@@]12CC[C@@](I)(c3ccccc31)c1ccc([N+](=O)[O-])cc12. The van der Waals surface area contributed by atoms with Gasteiger partial charge in [-0.2, -0.15) is 0 Å². The predicted molar refractivity (Wildman–Crippen MR) is 85.4 cm³/mol. The molecule has 0 N–H and O–H groups in total. The van der Waals surface area contributed by atoms with Gasteiger partial charge in [0.15, 0.2) is 0 Å². The molecule has 2 aromatic carbocycles. The minimum absolute atomic E-state index is 0.0745. The van der Waals surface area contributed by atoms with Crippen LogP contribution in [0.25, 0.3) is 0 Å². The second-order valence-corrected chi connectivity index (χ2v) is 7.15. The summed E-state index contributed by atoms with van der Waals surface area (Å²) >= 11 is 2.46. The zero-order chi connectivity index (χ0) is 14.8. The molecular weight excluding hydrogens is 365 g/mol. The van der Waals surface area contributed by atoms with Crippen LogP contribution >= 0.6 is 22.6 Å². The molecule has 0 fully saturated rings. The van der Waals surface area contributed by atoms with Crippen molar-refractivity contribution in [2.75, 3.05) is 0 Å². The number of hydrogen-bond acceptors (Lipinski definition) is 2. The number of alkyl halides is 1. The van der Waals surface area contributed by atoms with E-state index in [4.69, 9.17) is 1.37 Å². The highest BCUT2D eigenvalue weighted by atomic mass is 127. The molecular formula is C16H12INO2. The molecule has 3 aliphatic carbocycles. The van der Waals surface area contributed by atoms with Gasteiger partial charge >= 0.3 is 0 Å². The van der Waals surface area contributed by atoms with Crippen molar-refractivity contribution in [2.45, 2.75) is 22.2 Å². The van der Waals surface area contributed by atoms with Crippen LogP contribution < -0.4 is 0 Å². The Labute approximate surface area is 131 Å². The molecule has 0 saturated heterocycles. The smallest absolute Gasteiger partial charge is 0.258 e. The minimum Gasteiger partial charge on any atom is -0.258 e. The van der Waals surface area contributed by atoms with Gasteiger partial charge in [-0.05, 0) is 35.1 Å². The van der Waals surface area contributed by atoms with Crippen LogP contribution in [0.15, 0.2) is 42.5 Å². The third-order valence-corrected chi connectivity index (χ3v) is 6.07. The summed E-state index contributed by atoms with van der Waals surface area (Å²) < 4.78 is 8.80. The van der Waals surface area contributed by atoms with E-state index in [1.54, 1.807) is 12.1 Å². The highest BCUT2D eigenvalue weighted by Gasteiger charge is 2.46. The Balaban J connectivity index is 2.07. The van der Waals surface area contributed by atoms with Crippen LogP contribution in [-0.2, 0) is 3.42 Å². The van der Waals surface area contributed by atoms with Crippen LogP contribution in [0.4, 0.5) is 5.69 Å². The molecule has 0 radical (unpaired) electrons. The topological polar surface area (TPSA) is 43.1 Å². The summed E-state index contributed by atoms with van der Waals surface area (Å²) in [4.78, 5) is 10.7. The number of benzene rings is 2. The average molecular weight is 378 g/mol. The van der Waals surface area contributed by atoms with E-state index >= 15 is 0 Å². The molecule has 0 amide bonds. The lowest BCUT2D eigenvalue weighted by molar-refractivity contribution is -0.385. The molecule has 2 aromatic rings. The molecule has 0 unspecified atom stereocenters. The number of non-ortho nitro benzene ring substituents is 1. The molecule has 3 nitrogen and oxygen atoms in total. The van der Waals surface area contributed by atoms with Crippen molar-refractivity contribution < 1.29 is 6.29 Å². The largest absolute Gasteiger partial charge is 0.269 e. The molecule has 0 spiro atoms. The lowest BCUT2D eigenvalue weighted by atomic mass is 9.64. The molecule has 100 valence electrons. The lowest BCUT2D eigenvalue weighted by Gasteiger charge is -2.46. The van der Waals surface area contributed by atoms with Crippen molar-refractivity contribution in [3.8, 4) is 0 Å². The molecule has 5 rings (SSSR count). The second kappa shape index (κ2) is 4.04. The molecule has 0 heterocycles. The molecule has 2 atom stereocenters. The fourth-order valence-electron chi connectivity index (χ4n) is 3.46. The zero-order valence-corrected chi connectivity index (χ0v) is 12.8. The minimum atomic E-state index is -0.856. The van der Waals surface area contributed by atoms with Gasteiger partial charge in [-0.3, -0.25) is 10.1 Å². The molecule has 0 aliphatic heterocycles. The van der Waals surface area contributed by atoms with Crippen LogP contribution in [0.5, 0.6) is 0 Å². The fourth-order valence-corrected chi connectivity index (χ4v) is 4.67. The van der Waals surface area contributed by atoms with Gasteiger partial charge in [-0.25, -0.2) is 0 Å². The van der Waals surface area contributed by atoms with Gasteiger partial charge in [0.1, 0.15) is 0 Å². The fraction of sp³-hybridized carbons (Fsp3) is 0.250.